The largest absolute Gasteiger partial charge is 0.481 e. The standard InChI is InChI=1S/C6H7ClO5/c7-4(8)1-3(6(11)12)2-5(9)10/h3H,1-2H2,(H,9,10)(H,11,12). The minimum atomic E-state index is -1.33. The number of aliphatic carboxylic acids is 2. The molecular formula is C6H7ClO5. The molecule has 5 nitrogen and oxygen atoms in total. The first-order valence-corrected chi connectivity index (χ1v) is 3.44. The summed E-state index contributed by atoms with van der Waals surface area (Å²) in [6, 6.07) is 0. The lowest BCUT2D eigenvalue weighted by molar-refractivity contribution is -0.149. The van der Waals surface area contributed by atoms with E-state index in [1.165, 1.54) is 0 Å². The van der Waals surface area contributed by atoms with Crippen LogP contribution in [0.1, 0.15) is 12.8 Å². The zero-order valence-corrected chi connectivity index (χ0v) is 6.74. The first kappa shape index (κ1) is 10.9. The first-order chi connectivity index (χ1) is 5.43. The van der Waals surface area contributed by atoms with Crippen molar-refractivity contribution in [3.63, 3.8) is 0 Å². The molecule has 0 bridgehead atoms. The van der Waals surface area contributed by atoms with Gasteiger partial charge in [-0.1, -0.05) is 0 Å². The van der Waals surface area contributed by atoms with Crippen LogP contribution in [0.5, 0.6) is 0 Å². The van der Waals surface area contributed by atoms with Crippen LogP contribution in [0.25, 0.3) is 0 Å². The van der Waals surface area contributed by atoms with E-state index in [0.717, 1.165) is 0 Å². The Morgan fingerprint density at radius 3 is 1.92 bits per heavy atom. The van der Waals surface area contributed by atoms with Crippen molar-refractivity contribution in [3.8, 4) is 0 Å². The molecule has 6 heteroatoms. The van der Waals surface area contributed by atoms with Crippen molar-refractivity contribution >= 4 is 28.8 Å². The normalized spacial score (nSPS) is 12.1. The summed E-state index contributed by atoms with van der Waals surface area (Å²) in [7, 11) is 0. The van der Waals surface area contributed by atoms with E-state index in [1.807, 2.05) is 0 Å². The minimum absolute atomic E-state index is 0.455. The highest BCUT2D eigenvalue weighted by Crippen LogP contribution is 2.10. The Hall–Kier alpha value is -1.10. The quantitative estimate of drug-likeness (QED) is 0.615. The van der Waals surface area contributed by atoms with Gasteiger partial charge >= 0.3 is 11.9 Å². The number of hydrogen-bond donors (Lipinski definition) is 2. The monoisotopic (exact) mass is 194 g/mol. The average molecular weight is 195 g/mol. The van der Waals surface area contributed by atoms with E-state index in [9.17, 15) is 14.4 Å². The number of carbonyl (C=O) groups excluding carboxylic acids is 1. The van der Waals surface area contributed by atoms with Crippen molar-refractivity contribution in [2.24, 2.45) is 5.92 Å². The fraction of sp³-hybridized carbons (Fsp3) is 0.500. The highest BCUT2D eigenvalue weighted by atomic mass is 35.5. The maximum atomic E-state index is 10.3. The van der Waals surface area contributed by atoms with Gasteiger partial charge in [0.2, 0.25) is 5.24 Å². The summed E-state index contributed by atoms with van der Waals surface area (Å²) in [5, 5.41) is 15.8. The molecule has 0 saturated carbocycles. The Balaban J connectivity index is 4.14. The maximum absolute atomic E-state index is 10.3. The van der Waals surface area contributed by atoms with Crippen LogP contribution >= 0.6 is 11.6 Å². The maximum Gasteiger partial charge on any atom is 0.307 e. The predicted molar refractivity (Wildman–Crippen MR) is 38.9 cm³/mol. The third-order valence-corrected chi connectivity index (χ3v) is 1.33. The van der Waals surface area contributed by atoms with E-state index in [0.29, 0.717) is 0 Å². The van der Waals surface area contributed by atoms with Crippen LogP contribution in [0.3, 0.4) is 0 Å². The zero-order valence-electron chi connectivity index (χ0n) is 5.99. The van der Waals surface area contributed by atoms with Gasteiger partial charge in [0.25, 0.3) is 0 Å². The Kier molecular flexibility index (Phi) is 4.28. The van der Waals surface area contributed by atoms with Crippen molar-refractivity contribution in [2.45, 2.75) is 12.8 Å². The molecule has 0 aromatic heterocycles. The van der Waals surface area contributed by atoms with Crippen LogP contribution in [-0.2, 0) is 14.4 Å². The fourth-order valence-electron chi connectivity index (χ4n) is 0.651. The second kappa shape index (κ2) is 4.71. The van der Waals surface area contributed by atoms with E-state index in [2.05, 4.69) is 0 Å². The average Bonchev–Trinajstić information content (AvgIpc) is 1.83. The van der Waals surface area contributed by atoms with Crippen LogP contribution in [0.2, 0.25) is 0 Å². The highest BCUT2D eigenvalue weighted by molar-refractivity contribution is 6.63. The van der Waals surface area contributed by atoms with Crippen LogP contribution in [0.15, 0.2) is 0 Å². The minimum Gasteiger partial charge on any atom is -0.481 e. The summed E-state index contributed by atoms with van der Waals surface area (Å²) in [5.41, 5.74) is 0. The smallest absolute Gasteiger partial charge is 0.307 e. The fourth-order valence-corrected chi connectivity index (χ4v) is 0.838. The van der Waals surface area contributed by atoms with Crippen molar-refractivity contribution < 1.29 is 24.6 Å². The highest BCUT2D eigenvalue weighted by Gasteiger charge is 2.23. The molecule has 0 aliphatic carbocycles. The summed E-state index contributed by atoms with van der Waals surface area (Å²) < 4.78 is 0. The van der Waals surface area contributed by atoms with Gasteiger partial charge in [0.15, 0.2) is 0 Å². The number of halogens is 1. The Labute approximate surface area is 72.9 Å². The summed E-state index contributed by atoms with van der Waals surface area (Å²) in [5.74, 6) is -3.82. The molecule has 12 heavy (non-hydrogen) atoms. The van der Waals surface area contributed by atoms with Crippen LogP contribution in [0, 0.1) is 5.92 Å². The van der Waals surface area contributed by atoms with Crippen molar-refractivity contribution in [2.75, 3.05) is 0 Å². The van der Waals surface area contributed by atoms with Crippen molar-refractivity contribution in [3.05, 3.63) is 0 Å². The second-order valence-corrected chi connectivity index (χ2v) is 2.61. The molecule has 0 aliphatic rings. The number of rotatable bonds is 5. The Morgan fingerprint density at radius 2 is 1.67 bits per heavy atom. The van der Waals surface area contributed by atoms with Gasteiger partial charge in [-0.2, -0.15) is 0 Å². The zero-order chi connectivity index (χ0) is 9.72. The molecule has 0 fully saturated rings. The number of carboxylic acids is 2. The third-order valence-electron chi connectivity index (χ3n) is 1.18. The Bertz CT molecular complexity index is 196. The van der Waals surface area contributed by atoms with Crippen molar-refractivity contribution in [1.82, 2.24) is 0 Å². The lowest BCUT2D eigenvalue weighted by Gasteiger charge is -2.04. The number of carboxylic acid groups (broad SMARTS) is 2. The molecular weight excluding hydrogens is 188 g/mol. The van der Waals surface area contributed by atoms with Gasteiger partial charge in [-0.25, -0.2) is 0 Å². The molecule has 0 aromatic rings. The molecule has 68 valence electrons. The van der Waals surface area contributed by atoms with Crippen LogP contribution in [-0.4, -0.2) is 27.4 Å². The number of carbonyl (C=O) groups is 3. The van der Waals surface area contributed by atoms with E-state index in [4.69, 9.17) is 21.8 Å². The molecule has 2 N–H and O–H groups in total. The summed E-state index contributed by atoms with van der Waals surface area (Å²) in [6.45, 7) is 0. The van der Waals surface area contributed by atoms with Gasteiger partial charge in [-0.3, -0.25) is 14.4 Å². The Morgan fingerprint density at radius 1 is 1.17 bits per heavy atom. The summed E-state index contributed by atoms with van der Waals surface area (Å²) >= 11 is 4.90. The molecule has 0 spiro atoms. The van der Waals surface area contributed by atoms with Gasteiger partial charge in [-0.15, -0.1) is 0 Å². The third kappa shape index (κ3) is 4.68. The predicted octanol–water partition coefficient (Wildman–Crippen LogP) is 0.317. The van der Waals surface area contributed by atoms with E-state index < -0.39 is 35.9 Å². The lowest BCUT2D eigenvalue weighted by atomic mass is 10.0. The number of hydrogen-bond acceptors (Lipinski definition) is 3. The van der Waals surface area contributed by atoms with Gasteiger partial charge in [0.1, 0.15) is 0 Å². The lowest BCUT2D eigenvalue weighted by Crippen LogP contribution is -2.19. The van der Waals surface area contributed by atoms with Gasteiger partial charge < -0.3 is 10.2 Å². The van der Waals surface area contributed by atoms with Crippen LogP contribution < -0.4 is 0 Å². The van der Waals surface area contributed by atoms with Crippen LogP contribution in [0.4, 0.5) is 0 Å². The molecule has 1 atom stereocenters. The van der Waals surface area contributed by atoms with E-state index >= 15 is 0 Å². The topological polar surface area (TPSA) is 91.7 Å². The van der Waals surface area contributed by atoms with E-state index in [1.54, 1.807) is 0 Å². The van der Waals surface area contributed by atoms with Gasteiger partial charge in [0.05, 0.1) is 12.3 Å². The van der Waals surface area contributed by atoms with E-state index in [-0.39, 0.29) is 0 Å². The molecule has 0 heterocycles. The van der Waals surface area contributed by atoms with Crippen molar-refractivity contribution in [1.29, 1.82) is 0 Å². The molecule has 0 aromatic carbocycles. The molecule has 0 aliphatic heterocycles. The molecule has 1 unspecified atom stereocenters. The summed E-state index contributed by atoms with van der Waals surface area (Å²) in [6.07, 6.45) is -1.04. The molecule has 0 saturated heterocycles. The summed E-state index contributed by atoms with van der Waals surface area (Å²) in [4.78, 5) is 30.6. The SMILES string of the molecule is O=C(O)CC(CC(=O)Cl)C(=O)O. The van der Waals surface area contributed by atoms with Gasteiger partial charge in [-0.05, 0) is 11.6 Å². The second-order valence-electron chi connectivity index (χ2n) is 2.19. The van der Waals surface area contributed by atoms with Gasteiger partial charge in [0, 0.05) is 6.42 Å². The molecule has 0 radical (unpaired) electrons. The molecule has 0 amide bonds. The first-order valence-electron chi connectivity index (χ1n) is 3.06. The molecule has 0 rings (SSSR count).